The van der Waals surface area contributed by atoms with Gasteiger partial charge in [-0.05, 0) is 30.4 Å². The lowest BCUT2D eigenvalue weighted by atomic mass is 10.3. The molecule has 0 aliphatic heterocycles. The molecule has 0 atom stereocenters. The number of nitrogens with zero attached hydrogens (tertiary/aromatic N) is 2. The molecule has 0 aliphatic carbocycles. The highest BCUT2D eigenvalue weighted by Crippen LogP contribution is 2.17. The first-order chi connectivity index (χ1) is 6.66. The van der Waals surface area contributed by atoms with Crippen molar-refractivity contribution in [2.24, 2.45) is 12.8 Å². The Balaban J connectivity index is 2.49. The Kier molecular flexibility index (Phi) is 2.09. The molecule has 0 radical (unpaired) electrons. The lowest BCUT2D eigenvalue weighted by Crippen LogP contribution is -2.18. The summed E-state index contributed by atoms with van der Waals surface area (Å²) in [5.41, 5.74) is 8.27. The van der Waals surface area contributed by atoms with Crippen molar-refractivity contribution >= 4 is 34.1 Å². The summed E-state index contributed by atoms with van der Waals surface area (Å²) in [5.74, 6) is 0. The van der Waals surface area contributed by atoms with Crippen LogP contribution in [0.2, 0.25) is 0 Å². The van der Waals surface area contributed by atoms with Gasteiger partial charge in [0.15, 0.2) is 5.11 Å². The molecule has 1 heterocycles. The van der Waals surface area contributed by atoms with E-state index < -0.39 is 0 Å². The molecule has 0 bridgehead atoms. The zero-order chi connectivity index (χ0) is 10.1. The number of nitrogens with two attached hydrogens (primary N) is 1. The monoisotopic (exact) mass is 206 g/mol. The van der Waals surface area contributed by atoms with Gasteiger partial charge in [0.05, 0.1) is 17.4 Å². The molecule has 2 aromatic rings. The van der Waals surface area contributed by atoms with Crippen LogP contribution in [0.15, 0.2) is 24.5 Å². The number of anilines is 1. The normalized spacial score (nSPS) is 10.4. The van der Waals surface area contributed by atoms with Crippen LogP contribution in [0.1, 0.15) is 0 Å². The molecule has 0 fully saturated rings. The van der Waals surface area contributed by atoms with E-state index in [0.717, 1.165) is 16.7 Å². The fourth-order valence-corrected chi connectivity index (χ4v) is 1.46. The summed E-state index contributed by atoms with van der Waals surface area (Å²) in [6.45, 7) is 0. The SMILES string of the molecule is Cn1cnc2ccc(NC(N)=S)cc21. The van der Waals surface area contributed by atoms with E-state index in [2.05, 4.69) is 10.3 Å². The fraction of sp³-hybridized carbons (Fsp3) is 0.111. The number of thiocarbonyl (C=S) groups is 1. The molecule has 0 aliphatic rings. The number of imidazole rings is 1. The minimum atomic E-state index is 0.270. The Morgan fingerprint density at radius 1 is 1.57 bits per heavy atom. The number of benzene rings is 1. The summed E-state index contributed by atoms with van der Waals surface area (Å²) < 4.78 is 1.94. The third-order valence-electron chi connectivity index (χ3n) is 1.99. The summed E-state index contributed by atoms with van der Waals surface area (Å²) in [5, 5.41) is 3.15. The zero-order valence-corrected chi connectivity index (χ0v) is 8.51. The quantitative estimate of drug-likeness (QED) is 0.689. The van der Waals surface area contributed by atoms with Gasteiger partial charge in [-0.25, -0.2) is 4.98 Å². The Morgan fingerprint density at radius 2 is 2.36 bits per heavy atom. The van der Waals surface area contributed by atoms with E-state index in [1.54, 1.807) is 6.33 Å². The molecule has 1 aromatic heterocycles. The van der Waals surface area contributed by atoms with Crippen LogP contribution in [-0.2, 0) is 7.05 Å². The summed E-state index contributed by atoms with van der Waals surface area (Å²) in [7, 11) is 1.94. The van der Waals surface area contributed by atoms with Crippen molar-refractivity contribution in [2.45, 2.75) is 0 Å². The number of nitrogens with one attached hydrogen (secondary N) is 1. The highest BCUT2D eigenvalue weighted by atomic mass is 32.1. The number of aromatic nitrogens is 2. The summed E-state index contributed by atoms with van der Waals surface area (Å²) >= 11 is 4.76. The summed E-state index contributed by atoms with van der Waals surface area (Å²) in [6.07, 6.45) is 1.77. The van der Waals surface area contributed by atoms with Crippen LogP contribution in [0.25, 0.3) is 11.0 Å². The van der Waals surface area contributed by atoms with Gasteiger partial charge < -0.3 is 15.6 Å². The van der Waals surface area contributed by atoms with E-state index in [-0.39, 0.29) is 5.11 Å². The highest BCUT2D eigenvalue weighted by Gasteiger charge is 2.00. The van der Waals surface area contributed by atoms with Crippen LogP contribution < -0.4 is 11.1 Å². The lowest BCUT2D eigenvalue weighted by molar-refractivity contribution is 0.948. The molecular formula is C9H10N4S. The van der Waals surface area contributed by atoms with Gasteiger partial charge in [0.1, 0.15) is 0 Å². The molecule has 3 N–H and O–H groups in total. The van der Waals surface area contributed by atoms with Crippen LogP contribution >= 0.6 is 12.2 Å². The van der Waals surface area contributed by atoms with Crippen LogP contribution in [0.4, 0.5) is 5.69 Å². The lowest BCUT2D eigenvalue weighted by Gasteiger charge is -2.03. The van der Waals surface area contributed by atoms with E-state index in [1.807, 2.05) is 29.8 Å². The molecular weight excluding hydrogens is 196 g/mol. The molecule has 0 amide bonds. The second-order valence-electron chi connectivity index (χ2n) is 3.05. The molecule has 14 heavy (non-hydrogen) atoms. The Labute approximate surface area is 86.7 Å². The number of fused-ring (bicyclic) bond motifs is 1. The number of hydrogen-bond donors (Lipinski definition) is 2. The van der Waals surface area contributed by atoms with Gasteiger partial charge >= 0.3 is 0 Å². The zero-order valence-electron chi connectivity index (χ0n) is 7.69. The van der Waals surface area contributed by atoms with Gasteiger partial charge in [0, 0.05) is 12.7 Å². The van der Waals surface area contributed by atoms with E-state index in [9.17, 15) is 0 Å². The van der Waals surface area contributed by atoms with Crippen LogP contribution in [-0.4, -0.2) is 14.7 Å². The van der Waals surface area contributed by atoms with Gasteiger partial charge in [-0.3, -0.25) is 0 Å². The molecule has 4 nitrogen and oxygen atoms in total. The topological polar surface area (TPSA) is 55.9 Å². The largest absolute Gasteiger partial charge is 0.376 e. The molecule has 0 saturated heterocycles. The van der Waals surface area contributed by atoms with Crippen LogP contribution in [0.3, 0.4) is 0 Å². The first-order valence-electron chi connectivity index (χ1n) is 4.14. The fourth-order valence-electron chi connectivity index (χ4n) is 1.35. The van der Waals surface area contributed by atoms with Gasteiger partial charge in [0.25, 0.3) is 0 Å². The van der Waals surface area contributed by atoms with Crippen LogP contribution in [0, 0.1) is 0 Å². The van der Waals surface area contributed by atoms with Crippen LogP contribution in [0.5, 0.6) is 0 Å². The predicted molar refractivity (Wildman–Crippen MR) is 61.1 cm³/mol. The maximum Gasteiger partial charge on any atom is 0.168 e. The Hall–Kier alpha value is -1.62. The maximum absolute atomic E-state index is 5.38. The molecule has 1 aromatic carbocycles. The van der Waals surface area contributed by atoms with Crippen molar-refractivity contribution in [3.05, 3.63) is 24.5 Å². The third-order valence-corrected chi connectivity index (χ3v) is 2.10. The van der Waals surface area contributed by atoms with Gasteiger partial charge in [-0.1, -0.05) is 0 Å². The minimum Gasteiger partial charge on any atom is -0.376 e. The van der Waals surface area contributed by atoms with E-state index >= 15 is 0 Å². The first-order valence-corrected chi connectivity index (χ1v) is 4.55. The average Bonchev–Trinajstić information content (AvgIpc) is 2.47. The van der Waals surface area contributed by atoms with E-state index in [0.29, 0.717) is 0 Å². The van der Waals surface area contributed by atoms with Gasteiger partial charge in [0.2, 0.25) is 0 Å². The smallest absolute Gasteiger partial charge is 0.168 e. The third kappa shape index (κ3) is 1.54. The molecule has 0 saturated carbocycles. The number of aryl methyl sites for hydroxylation is 1. The van der Waals surface area contributed by atoms with Crippen molar-refractivity contribution < 1.29 is 0 Å². The van der Waals surface area contributed by atoms with E-state index in [1.165, 1.54) is 0 Å². The van der Waals surface area contributed by atoms with Crippen molar-refractivity contribution in [3.63, 3.8) is 0 Å². The summed E-state index contributed by atoms with van der Waals surface area (Å²) in [4.78, 5) is 4.21. The Bertz CT molecular complexity index is 489. The highest BCUT2D eigenvalue weighted by molar-refractivity contribution is 7.80. The Morgan fingerprint density at radius 3 is 3.07 bits per heavy atom. The second-order valence-corrected chi connectivity index (χ2v) is 3.49. The second kappa shape index (κ2) is 3.26. The van der Waals surface area contributed by atoms with Gasteiger partial charge in [-0.2, -0.15) is 0 Å². The summed E-state index contributed by atoms with van der Waals surface area (Å²) in [6, 6.07) is 5.78. The average molecular weight is 206 g/mol. The molecule has 0 spiro atoms. The maximum atomic E-state index is 5.38. The van der Waals surface area contributed by atoms with Crippen molar-refractivity contribution in [3.8, 4) is 0 Å². The van der Waals surface area contributed by atoms with Crippen molar-refractivity contribution in [2.75, 3.05) is 5.32 Å². The van der Waals surface area contributed by atoms with Gasteiger partial charge in [-0.15, -0.1) is 0 Å². The number of rotatable bonds is 1. The molecule has 2 rings (SSSR count). The minimum absolute atomic E-state index is 0.270. The first kappa shape index (κ1) is 8.96. The van der Waals surface area contributed by atoms with Crippen molar-refractivity contribution in [1.29, 1.82) is 0 Å². The standard InChI is InChI=1S/C9H10N4S/c1-13-5-11-7-3-2-6(4-8(7)13)12-9(10)14/h2-5H,1H3,(H3,10,12,14). The predicted octanol–water partition coefficient (Wildman–Crippen LogP) is 1.23. The van der Waals surface area contributed by atoms with Crippen molar-refractivity contribution in [1.82, 2.24) is 9.55 Å². The molecule has 0 unspecified atom stereocenters. The van der Waals surface area contributed by atoms with E-state index in [4.69, 9.17) is 18.0 Å². The molecule has 72 valence electrons. The number of hydrogen-bond acceptors (Lipinski definition) is 2. The molecule has 5 heteroatoms.